The van der Waals surface area contributed by atoms with Crippen molar-refractivity contribution in [1.29, 1.82) is 0 Å². The third-order valence-electron chi connectivity index (χ3n) is 4.19. The summed E-state index contributed by atoms with van der Waals surface area (Å²) in [6.07, 6.45) is 1.89. The number of nitrogens with zero attached hydrogens (tertiary/aromatic N) is 1. The number of nitrogens with two attached hydrogens (primary N) is 1. The van der Waals surface area contributed by atoms with Crippen LogP contribution in [0, 0.1) is 5.92 Å². The molecule has 0 aliphatic carbocycles. The van der Waals surface area contributed by atoms with Gasteiger partial charge in [0.2, 0.25) is 5.91 Å². The Hall–Kier alpha value is -1.07. The van der Waals surface area contributed by atoms with Gasteiger partial charge in [-0.05, 0) is 59.9 Å². The molecule has 1 aromatic carbocycles. The Kier molecular flexibility index (Phi) is 5.65. The van der Waals surface area contributed by atoms with Gasteiger partial charge in [-0.15, -0.1) is 0 Å². The van der Waals surface area contributed by atoms with E-state index in [1.165, 1.54) is 5.56 Å². The minimum absolute atomic E-state index is 0.0467. The highest BCUT2D eigenvalue weighted by Crippen LogP contribution is 2.33. The zero-order valence-electron chi connectivity index (χ0n) is 12.7. The Morgan fingerprint density at radius 2 is 2.24 bits per heavy atom. The molecule has 2 atom stereocenters. The van der Waals surface area contributed by atoms with Crippen molar-refractivity contribution in [1.82, 2.24) is 5.32 Å². The van der Waals surface area contributed by atoms with Gasteiger partial charge in [0.25, 0.3) is 0 Å². The summed E-state index contributed by atoms with van der Waals surface area (Å²) in [5.74, 6) is -0.235. The van der Waals surface area contributed by atoms with E-state index in [1.54, 1.807) is 0 Å². The number of primary amides is 1. The van der Waals surface area contributed by atoms with Crippen molar-refractivity contribution in [3.05, 3.63) is 28.2 Å². The van der Waals surface area contributed by atoms with Gasteiger partial charge in [-0.2, -0.15) is 0 Å². The molecule has 3 N–H and O–H groups in total. The van der Waals surface area contributed by atoms with E-state index in [0.29, 0.717) is 12.6 Å². The van der Waals surface area contributed by atoms with Crippen molar-refractivity contribution in [3.63, 3.8) is 0 Å². The molecule has 0 radical (unpaired) electrons. The second kappa shape index (κ2) is 7.27. The highest BCUT2D eigenvalue weighted by atomic mass is 79.9. The van der Waals surface area contributed by atoms with Crippen molar-refractivity contribution in [2.45, 2.75) is 39.3 Å². The average Bonchev–Trinajstić information content (AvgIpc) is 2.46. The Bertz CT molecular complexity index is 506. The summed E-state index contributed by atoms with van der Waals surface area (Å²) in [5.41, 5.74) is 7.88. The van der Waals surface area contributed by atoms with Crippen molar-refractivity contribution < 1.29 is 4.79 Å². The van der Waals surface area contributed by atoms with Crippen LogP contribution in [0.3, 0.4) is 0 Å². The van der Waals surface area contributed by atoms with E-state index in [9.17, 15) is 4.79 Å². The highest BCUT2D eigenvalue weighted by molar-refractivity contribution is 9.10. The average molecular weight is 354 g/mol. The SMILES string of the molecule is CCNCc1ccc(N2CC(C(N)=O)CCC2C)c(Br)c1. The number of halogens is 1. The summed E-state index contributed by atoms with van der Waals surface area (Å²) in [5, 5.41) is 3.33. The first-order valence-electron chi connectivity index (χ1n) is 7.58. The maximum atomic E-state index is 11.5. The molecule has 0 aromatic heterocycles. The molecule has 0 spiro atoms. The van der Waals surface area contributed by atoms with E-state index in [1.807, 2.05) is 0 Å². The Morgan fingerprint density at radius 3 is 2.86 bits per heavy atom. The molecule has 2 unspecified atom stereocenters. The van der Waals surface area contributed by atoms with Crippen LogP contribution in [0.5, 0.6) is 0 Å². The number of amides is 1. The van der Waals surface area contributed by atoms with Crippen LogP contribution in [0.2, 0.25) is 0 Å². The Labute approximate surface area is 135 Å². The molecule has 1 aliphatic heterocycles. The second-order valence-electron chi connectivity index (χ2n) is 5.74. The molecule has 1 aromatic rings. The topological polar surface area (TPSA) is 58.4 Å². The van der Waals surface area contributed by atoms with Gasteiger partial charge in [0.05, 0.1) is 11.6 Å². The van der Waals surface area contributed by atoms with Gasteiger partial charge < -0.3 is 16.0 Å². The fourth-order valence-corrected chi connectivity index (χ4v) is 3.49. The summed E-state index contributed by atoms with van der Waals surface area (Å²) < 4.78 is 1.08. The van der Waals surface area contributed by atoms with Gasteiger partial charge in [-0.25, -0.2) is 0 Å². The molecule has 0 saturated carbocycles. The molecular weight excluding hydrogens is 330 g/mol. The van der Waals surface area contributed by atoms with Crippen LogP contribution >= 0.6 is 15.9 Å². The van der Waals surface area contributed by atoms with E-state index < -0.39 is 0 Å². The van der Waals surface area contributed by atoms with E-state index in [2.05, 4.69) is 58.2 Å². The number of benzene rings is 1. The lowest BCUT2D eigenvalue weighted by molar-refractivity contribution is -0.122. The molecule has 116 valence electrons. The Balaban J connectivity index is 2.17. The zero-order valence-corrected chi connectivity index (χ0v) is 14.3. The number of hydrogen-bond acceptors (Lipinski definition) is 3. The van der Waals surface area contributed by atoms with Crippen LogP contribution in [-0.2, 0) is 11.3 Å². The first-order valence-corrected chi connectivity index (χ1v) is 8.37. The summed E-state index contributed by atoms with van der Waals surface area (Å²) in [6, 6.07) is 6.86. The van der Waals surface area contributed by atoms with Crippen LogP contribution in [0.4, 0.5) is 5.69 Å². The molecule has 1 amide bonds. The minimum Gasteiger partial charge on any atom is -0.369 e. The number of anilines is 1. The Morgan fingerprint density at radius 1 is 1.48 bits per heavy atom. The van der Waals surface area contributed by atoms with Crippen LogP contribution < -0.4 is 16.0 Å². The predicted molar refractivity (Wildman–Crippen MR) is 90.2 cm³/mol. The molecule has 2 rings (SSSR count). The molecule has 0 bridgehead atoms. The van der Waals surface area contributed by atoms with E-state index in [-0.39, 0.29) is 11.8 Å². The normalized spacial score (nSPS) is 22.3. The quantitative estimate of drug-likeness (QED) is 0.855. The summed E-state index contributed by atoms with van der Waals surface area (Å²) in [6.45, 7) is 6.85. The monoisotopic (exact) mass is 353 g/mol. The highest BCUT2D eigenvalue weighted by Gasteiger charge is 2.29. The molecule has 21 heavy (non-hydrogen) atoms. The van der Waals surface area contributed by atoms with Crippen LogP contribution in [-0.4, -0.2) is 25.0 Å². The van der Waals surface area contributed by atoms with Gasteiger partial charge in [-0.1, -0.05) is 13.0 Å². The summed E-state index contributed by atoms with van der Waals surface area (Å²) in [7, 11) is 0. The van der Waals surface area contributed by atoms with E-state index >= 15 is 0 Å². The molecule has 4 nitrogen and oxygen atoms in total. The number of hydrogen-bond donors (Lipinski definition) is 2. The van der Waals surface area contributed by atoms with E-state index in [0.717, 1.165) is 36.1 Å². The third kappa shape index (κ3) is 3.98. The lowest BCUT2D eigenvalue weighted by Gasteiger charge is -2.39. The van der Waals surface area contributed by atoms with Gasteiger partial charge in [0.15, 0.2) is 0 Å². The number of rotatable bonds is 5. The minimum atomic E-state index is -0.188. The number of piperidine rings is 1. The molecule has 1 heterocycles. The molecular formula is C16H24BrN3O. The number of nitrogens with one attached hydrogen (secondary N) is 1. The molecule has 1 aliphatic rings. The smallest absolute Gasteiger partial charge is 0.222 e. The fraction of sp³-hybridized carbons (Fsp3) is 0.562. The van der Waals surface area contributed by atoms with Gasteiger partial charge in [0.1, 0.15) is 0 Å². The molecule has 1 saturated heterocycles. The fourth-order valence-electron chi connectivity index (χ4n) is 2.84. The van der Waals surface area contributed by atoms with Crippen LogP contribution in [0.15, 0.2) is 22.7 Å². The summed E-state index contributed by atoms with van der Waals surface area (Å²) in [4.78, 5) is 13.8. The van der Waals surface area contributed by atoms with Crippen LogP contribution in [0.1, 0.15) is 32.3 Å². The maximum absolute atomic E-state index is 11.5. The standard InChI is InChI=1S/C16H24BrN3O/c1-3-19-9-12-5-7-15(14(17)8-12)20-10-13(16(18)21)6-4-11(20)2/h5,7-8,11,13,19H,3-4,6,9-10H2,1-2H3,(H2,18,21). The second-order valence-corrected chi connectivity index (χ2v) is 6.60. The van der Waals surface area contributed by atoms with Crippen molar-refractivity contribution in [2.24, 2.45) is 11.7 Å². The largest absolute Gasteiger partial charge is 0.369 e. The maximum Gasteiger partial charge on any atom is 0.222 e. The number of carbonyl (C=O) groups is 1. The summed E-state index contributed by atoms with van der Waals surface area (Å²) >= 11 is 3.67. The lowest BCUT2D eigenvalue weighted by atomic mass is 9.92. The van der Waals surface area contributed by atoms with Crippen molar-refractivity contribution in [3.8, 4) is 0 Å². The number of carbonyl (C=O) groups excluding carboxylic acids is 1. The van der Waals surface area contributed by atoms with Gasteiger partial charge in [-0.3, -0.25) is 4.79 Å². The van der Waals surface area contributed by atoms with E-state index in [4.69, 9.17) is 5.73 Å². The first-order chi connectivity index (χ1) is 10.0. The van der Waals surface area contributed by atoms with Crippen molar-refractivity contribution in [2.75, 3.05) is 18.0 Å². The van der Waals surface area contributed by atoms with Gasteiger partial charge in [0, 0.05) is 23.6 Å². The predicted octanol–water partition coefficient (Wildman–Crippen LogP) is 2.65. The molecule has 1 fully saturated rings. The van der Waals surface area contributed by atoms with Crippen molar-refractivity contribution >= 4 is 27.5 Å². The zero-order chi connectivity index (χ0) is 15.4. The van der Waals surface area contributed by atoms with Gasteiger partial charge >= 0.3 is 0 Å². The third-order valence-corrected chi connectivity index (χ3v) is 4.82. The molecule has 5 heteroatoms. The lowest BCUT2D eigenvalue weighted by Crippen LogP contribution is -2.46. The van der Waals surface area contributed by atoms with Crippen LogP contribution in [0.25, 0.3) is 0 Å². The first kappa shape index (κ1) is 16.3.